The number of nitrogens with zero attached hydrogens (tertiary/aromatic N) is 1. The van der Waals surface area contributed by atoms with Crippen LogP contribution in [0.3, 0.4) is 0 Å². The molecule has 0 radical (unpaired) electrons. The summed E-state index contributed by atoms with van der Waals surface area (Å²) in [4.78, 5) is 20.5. The van der Waals surface area contributed by atoms with E-state index in [4.69, 9.17) is 5.11 Å². The van der Waals surface area contributed by atoms with E-state index in [-0.39, 0.29) is 18.9 Å². The van der Waals surface area contributed by atoms with Crippen molar-refractivity contribution in [2.24, 2.45) is 0 Å². The Balaban J connectivity index is 2.70. The third kappa shape index (κ3) is 3.68. The van der Waals surface area contributed by atoms with Gasteiger partial charge < -0.3 is 9.84 Å². The topological polar surface area (TPSA) is 102 Å². The van der Waals surface area contributed by atoms with Gasteiger partial charge in [0.05, 0.1) is 11.5 Å². The number of anilines is 1. The minimum Gasteiger partial charge on any atom is -0.447 e. The molecule has 0 aliphatic rings. The van der Waals surface area contributed by atoms with Crippen LogP contribution in [0.2, 0.25) is 0 Å². The zero-order valence-electron chi connectivity index (χ0n) is 8.55. The average Bonchev–Trinajstić information content (AvgIpc) is 2.26. The third-order valence-corrected chi connectivity index (χ3v) is 1.72. The van der Waals surface area contributed by atoms with Crippen molar-refractivity contribution in [3.8, 4) is 0 Å². The average molecular weight is 244 g/mol. The summed E-state index contributed by atoms with van der Waals surface area (Å²) in [5.74, 6) is -1.06. The number of nitrogens with one attached hydrogen (secondary N) is 1. The van der Waals surface area contributed by atoms with Crippen molar-refractivity contribution in [1.29, 1.82) is 0 Å². The van der Waals surface area contributed by atoms with E-state index in [0.717, 1.165) is 12.1 Å². The number of hydrogen-bond donors (Lipinski definition) is 2. The van der Waals surface area contributed by atoms with E-state index in [1.807, 2.05) is 0 Å². The van der Waals surface area contributed by atoms with Crippen molar-refractivity contribution in [1.82, 2.24) is 0 Å². The summed E-state index contributed by atoms with van der Waals surface area (Å²) in [5.41, 5.74) is -0.657. The molecular weight excluding hydrogens is 235 g/mol. The maximum absolute atomic E-state index is 13.1. The van der Waals surface area contributed by atoms with Crippen molar-refractivity contribution in [3.05, 3.63) is 34.1 Å². The van der Waals surface area contributed by atoms with Gasteiger partial charge in [-0.1, -0.05) is 0 Å². The molecule has 0 unspecified atom stereocenters. The van der Waals surface area contributed by atoms with Crippen LogP contribution in [-0.2, 0) is 4.74 Å². The Kier molecular flexibility index (Phi) is 4.35. The number of aliphatic hydroxyl groups is 1. The molecule has 0 spiro atoms. The predicted molar refractivity (Wildman–Crippen MR) is 55.1 cm³/mol. The molecule has 8 heteroatoms. The summed E-state index contributed by atoms with van der Waals surface area (Å²) in [6.45, 7) is -0.524. The van der Waals surface area contributed by atoms with Crippen LogP contribution in [-0.4, -0.2) is 29.3 Å². The second-order valence-electron chi connectivity index (χ2n) is 2.91. The number of hydrogen-bond acceptors (Lipinski definition) is 5. The molecule has 0 aliphatic carbocycles. The van der Waals surface area contributed by atoms with E-state index < -0.39 is 22.5 Å². The number of halogens is 1. The molecule has 1 rings (SSSR count). The van der Waals surface area contributed by atoms with E-state index >= 15 is 0 Å². The van der Waals surface area contributed by atoms with Gasteiger partial charge in [-0.15, -0.1) is 0 Å². The number of carbonyl (C=O) groups excluding carboxylic acids is 1. The SMILES string of the molecule is O=C(Nc1ccc([N+](=O)[O-])c(F)c1)OCCO. The summed E-state index contributed by atoms with van der Waals surface area (Å²) in [6, 6.07) is 2.90. The number of nitro groups is 1. The highest BCUT2D eigenvalue weighted by Gasteiger charge is 2.14. The van der Waals surface area contributed by atoms with Gasteiger partial charge in [-0.2, -0.15) is 4.39 Å². The lowest BCUT2D eigenvalue weighted by atomic mass is 10.3. The van der Waals surface area contributed by atoms with E-state index in [1.165, 1.54) is 6.07 Å². The number of carbonyl (C=O) groups is 1. The van der Waals surface area contributed by atoms with Gasteiger partial charge in [0.1, 0.15) is 6.61 Å². The first kappa shape index (κ1) is 12.8. The van der Waals surface area contributed by atoms with Crippen molar-refractivity contribution >= 4 is 17.5 Å². The van der Waals surface area contributed by atoms with Crippen LogP contribution in [0.5, 0.6) is 0 Å². The highest BCUT2D eigenvalue weighted by molar-refractivity contribution is 5.84. The molecule has 0 saturated carbocycles. The van der Waals surface area contributed by atoms with Crippen molar-refractivity contribution in [2.45, 2.75) is 0 Å². The first-order valence-corrected chi connectivity index (χ1v) is 4.53. The third-order valence-electron chi connectivity index (χ3n) is 1.72. The lowest BCUT2D eigenvalue weighted by Gasteiger charge is -2.05. The maximum Gasteiger partial charge on any atom is 0.411 e. The van der Waals surface area contributed by atoms with Crippen LogP contribution >= 0.6 is 0 Å². The Morgan fingerprint density at radius 2 is 2.29 bits per heavy atom. The van der Waals surface area contributed by atoms with Crippen molar-refractivity contribution in [3.63, 3.8) is 0 Å². The number of aliphatic hydroxyl groups excluding tert-OH is 1. The molecular formula is C9H9FN2O5. The number of nitro benzene ring substituents is 1. The zero-order valence-corrected chi connectivity index (χ0v) is 8.55. The van der Waals surface area contributed by atoms with Crippen molar-refractivity contribution in [2.75, 3.05) is 18.5 Å². The number of rotatable bonds is 4. The fraction of sp³-hybridized carbons (Fsp3) is 0.222. The van der Waals surface area contributed by atoms with Crippen LogP contribution in [0.4, 0.5) is 20.6 Å². The fourth-order valence-corrected chi connectivity index (χ4v) is 1.02. The first-order chi connectivity index (χ1) is 8.04. The minimum absolute atomic E-state index is 0.0241. The van der Waals surface area contributed by atoms with Gasteiger partial charge in [-0.3, -0.25) is 15.4 Å². The van der Waals surface area contributed by atoms with Crippen LogP contribution in [0.15, 0.2) is 18.2 Å². The molecule has 17 heavy (non-hydrogen) atoms. The number of benzene rings is 1. The van der Waals surface area contributed by atoms with Gasteiger partial charge in [0.2, 0.25) is 5.82 Å². The number of ether oxygens (including phenoxy) is 1. The molecule has 1 aromatic rings. The summed E-state index contributed by atoms with van der Waals surface area (Å²) in [7, 11) is 0. The van der Waals surface area contributed by atoms with Gasteiger partial charge in [-0.05, 0) is 6.07 Å². The van der Waals surface area contributed by atoms with E-state index in [0.29, 0.717) is 0 Å². The molecule has 1 aromatic carbocycles. The van der Waals surface area contributed by atoms with Gasteiger partial charge in [0.25, 0.3) is 0 Å². The van der Waals surface area contributed by atoms with E-state index in [1.54, 1.807) is 0 Å². The first-order valence-electron chi connectivity index (χ1n) is 4.53. The van der Waals surface area contributed by atoms with Crippen LogP contribution < -0.4 is 5.32 Å². The summed E-state index contributed by atoms with van der Waals surface area (Å²) in [6.07, 6.45) is -0.882. The minimum atomic E-state index is -1.06. The van der Waals surface area contributed by atoms with Crippen molar-refractivity contribution < 1.29 is 24.0 Å². The highest BCUT2D eigenvalue weighted by Crippen LogP contribution is 2.20. The Bertz CT molecular complexity index is 437. The molecule has 0 heterocycles. The van der Waals surface area contributed by atoms with Gasteiger partial charge in [0.15, 0.2) is 0 Å². The Morgan fingerprint density at radius 1 is 1.59 bits per heavy atom. The molecule has 0 atom stereocenters. The Hall–Kier alpha value is -2.22. The second kappa shape index (κ2) is 5.75. The smallest absolute Gasteiger partial charge is 0.411 e. The fourth-order valence-electron chi connectivity index (χ4n) is 1.02. The van der Waals surface area contributed by atoms with Gasteiger partial charge in [0, 0.05) is 17.8 Å². The lowest BCUT2D eigenvalue weighted by Crippen LogP contribution is -2.15. The summed E-state index contributed by atoms with van der Waals surface area (Å²) in [5, 5.41) is 20.9. The Labute approximate surface area is 95.0 Å². The molecule has 7 nitrogen and oxygen atoms in total. The number of amides is 1. The molecule has 0 fully saturated rings. The van der Waals surface area contributed by atoms with Gasteiger partial charge >= 0.3 is 11.8 Å². The monoisotopic (exact) mass is 244 g/mol. The molecule has 0 aromatic heterocycles. The van der Waals surface area contributed by atoms with Crippen LogP contribution in [0.1, 0.15) is 0 Å². The second-order valence-corrected chi connectivity index (χ2v) is 2.91. The molecule has 2 N–H and O–H groups in total. The highest BCUT2D eigenvalue weighted by atomic mass is 19.1. The zero-order chi connectivity index (χ0) is 12.8. The maximum atomic E-state index is 13.1. The standard InChI is InChI=1S/C9H9FN2O5/c10-7-5-6(1-2-8(7)12(15)16)11-9(14)17-4-3-13/h1-2,5,13H,3-4H2,(H,11,14). The molecule has 92 valence electrons. The predicted octanol–water partition coefficient (Wildman–Crippen LogP) is 1.27. The largest absolute Gasteiger partial charge is 0.447 e. The van der Waals surface area contributed by atoms with E-state index in [9.17, 15) is 19.3 Å². The molecule has 0 aliphatic heterocycles. The summed E-state index contributed by atoms with van der Waals surface area (Å²) < 4.78 is 17.6. The normalized spacial score (nSPS) is 9.76. The summed E-state index contributed by atoms with van der Waals surface area (Å²) >= 11 is 0. The van der Waals surface area contributed by atoms with Crippen LogP contribution in [0, 0.1) is 15.9 Å². The molecule has 0 saturated heterocycles. The Morgan fingerprint density at radius 3 is 2.82 bits per heavy atom. The van der Waals surface area contributed by atoms with E-state index in [2.05, 4.69) is 10.1 Å². The lowest BCUT2D eigenvalue weighted by molar-refractivity contribution is -0.387. The van der Waals surface area contributed by atoms with Gasteiger partial charge in [-0.25, -0.2) is 4.79 Å². The molecule has 1 amide bonds. The quantitative estimate of drug-likeness (QED) is 0.613. The molecule has 0 bridgehead atoms. The van der Waals surface area contributed by atoms with Crippen LogP contribution in [0.25, 0.3) is 0 Å².